The quantitative estimate of drug-likeness (QED) is 0.780. The predicted molar refractivity (Wildman–Crippen MR) is 75.4 cm³/mol. The molecule has 17 heavy (non-hydrogen) atoms. The van der Waals surface area contributed by atoms with Gasteiger partial charge in [0, 0.05) is 17.5 Å². The van der Waals surface area contributed by atoms with E-state index in [9.17, 15) is 5.11 Å². The van der Waals surface area contributed by atoms with Crippen LogP contribution in [0.4, 0.5) is 0 Å². The van der Waals surface area contributed by atoms with Crippen LogP contribution in [0.3, 0.4) is 0 Å². The van der Waals surface area contributed by atoms with E-state index in [-0.39, 0.29) is 0 Å². The Morgan fingerprint density at radius 2 is 2.00 bits per heavy atom. The Balaban J connectivity index is 2.63. The van der Waals surface area contributed by atoms with Crippen molar-refractivity contribution < 1.29 is 5.11 Å². The van der Waals surface area contributed by atoms with Gasteiger partial charge in [-0.1, -0.05) is 33.8 Å². The summed E-state index contributed by atoms with van der Waals surface area (Å²) in [6.45, 7) is 9.19. The maximum atomic E-state index is 10.3. The summed E-state index contributed by atoms with van der Waals surface area (Å²) in [4.78, 5) is 1.36. The van der Waals surface area contributed by atoms with Gasteiger partial charge in [0.25, 0.3) is 0 Å². The lowest BCUT2D eigenvalue weighted by Gasteiger charge is -2.30. The third kappa shape index (κ3) is 4.09. The van der Waals surface area contributed by atoms with Crippen LogP contribution < -0.4 is 5.32 Å². The Hall–Kier alpha value is -0.380. The number of hydrogen-bond acceptors (Lipinski definition) is 3. The zero-order valence-corrected chi connectivity index (χ0v) is 12.2. The van der Waals surface area contributed by atoms with Crippen molar-refractivity contribution in [2.24, 2.45) is 5.92 Å². The van der Waals surface area contributed by atoms with Gasteiger partial charge in [-0.25, -0.2) is 0 Å². The topological polar surface area (TPSA) is 32.3 Å². The second-order valence-electron chi connectivity index (χ2n) is 5.05. The maximum absolute atomic E-state index is 10.3. The lowest BCUT2D eigenvalue weighted by atomic mass is 9.95. The monoisotopic (exact) mass is 255 g/mol. The molecule has 2 N–H and O–H groups in total. The van der Waals surface area contributed by atoms with Gasteiger partial charge in [0.15, 0.2) is 0 Å². The van der Waals surface area contributed by atoms with Crippen molar-refractivity contribution in [1.29, 1.82) is 0 Å². The van der Waals surface area contributed by atoms with Gasteiger partial charge in [-0.2, -0.15) is 0 Å². The zero-order valence-electron chi connectivity index (χ0n) is 11.4. The standard InChI is InChI=1S/C14H25NOS/c1-5-14(16,6-2)10-15-13(11(3)4)12-8-7-9-17-12/h7-9,11,13,15-16H,5-6,10H2,1-4H3. The molecular weight excluding hydrogens is 230 g/mol. The van der Waals surface area contributed by atoms with Crippen LogP contribution in [0.15, 0.2) is 17.5 Å². The molecule has 0 saturated carbocycles. The molecule has 0 aliphatic heterocycles. The van der Waals surface area contributed by atoms with Gasteiger partial charge in [0.05, 0.1) is 5.60 Å². The molecule has 1 aromatic heterocycles. The van der Waals surface area contributed by atoms with Crippen molar-refractivity contribution in [1.82, 2.24) is 5.32 Å². The molecule has 2 nitrogen and oxygen atoms in total. The van der Waals surface area contributed by atoms with E-state index < -0.39 is 5.60 Å². The Morgan fingerprint density at radius 3 is 2.41 bits per heavy atom. The van der Waals surface area contributed by atoms with Crippen LogP contribution in [0.5, 0.6) is 0 Å². The van der Waals surface area contributed by atoms with Gasteiger partial charge in [-0.05, 0) is 30.2 Å². The smallest absolute Gasteiger partial charge is 0.0766 e. The summed E-state index contributed by atoms with van der Waals surface area (Å²) in [5.74, 6) is 0.534. The van der Waals surface area contributed by atoms with E-state index in [0.29, 0.717) is 18.5 Å². The van der Waals surface area contributed by atoms with E-state index in [1.807, 2.05) is 13.8 Å². The number of rotatable bonds is 7. The average molecular weight is 255 g/mol. The van der Waals surface area contributed by atoms with Crippen molar-refractivity contribution >= 4 is 11.3 Å². The van der Waals surface area contributed by atoms with Gasteiger partial charge >= 0.3 is 0 Å². The van der Waals surface area contributed by atoms with Gasteiger partial charge in [-0.15, -0.1) is 11.3 Å². The second kappa shape index (κ2) is 6.53. The molecule has 1 rings (SSSR count). The van der Waals surface area contributed by atoms with Gasteiger partial charge in [0.1, 0.15) is 0 Å². The van der Waals surface area contributed by atoms with Crippen molar-refractivity contribution in [2.75, 3.05) is 6.54 Å². The van der Waals surface area contributed by atoms with E-state index in [4.69, 9.17) is 0 Å². The molecule has 0 bridgehead atoms. The third-order valence-electron chi connectivity index (χ3n) is 3.48. The van der Waals surface area contributed by atoms with Crippen LogP contribution in [0, 0.1) is 5.92 Å². The summed E-state index contributed by atoms with van der Waals surface area (Å²) in [5.41, 5.74) is -0.565. The fourth-order valence-corrected chi connectivity index (χ4v) is 2.91. The van der Waals surface area contributed by atoms with Gasteiger partial charge in [-0.3, -0.25) is 0 Å². The van der Waals surface area contributed by atoms with Crippen molar-refractivity contribution in [3.05, 3.63) is 22.4 Å². The predicted octanol–water partition coefficient (Wildman–Crippen LogP) is 3.59. The highest BCUT2D eigenvalue weighted by Crippen LogP contribution is 2.26. The van der Waals surface area contributed by atoms with Crippen LogP contribution in [0.1, 0.15) is 51.5 Å². The molecule has 0 fully saturated rings. The van der Waals surface area contributed by atoms with Gasteiger partial charge in [0.2, 0.25) is 0 Å². The summed E-state index contributed by atoms with van der Waals surface area (Å²) in [7, 11) is 0. The molecule has 0 amide bonds. The molecule has 0 aliphatic rings. The highest BCUT2D eigenvalue weighted by Gasteiger charge is 2.25. The lowest BCUT2D eigenvalue weighted by molar-refractivity contribution is 0.0284. The highest BCUT2D eigenvalue weighted by molar-refractivity contribution is 7.10. The fraction of sp³-hybridized carbons (Fsp3) is 0.714. The first-order valence-corrected chi connectivity index (χ1v) is 7.39. The van der Waals surface area contributed by atoms with Crippen molar-refractivity contribution in [2.45, 2.75) is 52.2 Å². The summed E-state index contributed by atoms with van der Waals surface area (Å²) in [5, 5.41) is 15.9. The van der Waals surface area contributed by atoms with Crippen LogP contribution in [0.2, 0.25) is 0 Å². The first kappa shape index (κ1) is 14.7. The minimum Gasteiger partial charge on any atom is -0.389 e. The van der Waals surface area contributed by atoms with E-state index in [0.717, 1.165) is 12.8 Å². The minimum atomic E-state index is -0.565. The molecule has 0 aromatic carbocycles. The molecule has 0 saturated heterocycles. The molecule has 1 aromatic rings. The summed E-state index contributed by atoms with van der Waals surface area (Å²) < 4.78 is 0. The van der Waals surface area contributed by atoms with Crippen LogP contribution in [-0.2, 0) is 0 Å². The summed E-state index contributed by atoms with van der Waals surface area (Å²) in [6, 6.07) is 4.60. The highest BCUT2D eigenvalue weighted by atomic mass is 32.1. The molecule has 3 heteroatoms. The van der Waals surface area contributed by atoms with E-state index in [1.54, 1.807) is 11.3 Å². The molecular formula is C14H25NOS. The zero-order chi connectivity index (χ0) is 12.9. The molecule has 98 valence electrons. The number of nitrogens with one attached hydrogen (secondary N) is 1. The van der Waals surface area contributed by atoms with E-state index in [1.165, 1.54) is 4.88 Å². The molecule has 1 heterocycles. The largest absolute Gasteiger partial charge is 0.389 e. The Bertz CT molecular complexity index is 304. The Labute approximate surface area is 109 Å². The third-order valence-corrected chi connectivity index (χ3v) is 4.44. The average Bonchev–Trinajstić information content (AvgIpc) is 2.82. The summed E-state index contributed by atoms with van der Waals surface area (Å²) in [6.07, 6.45) is 1.59. The SMILES string of the molecule is CCC(O)(CC)CNC(c1cccs1)C(C)C. The molecule has 0 spiro atoms. The first-order chi connectivity index (χ1) is 8.02. The Morgan fingerprint density at radius 1 is 1.35 bits per heavy atom. The number of thiophene rings is 1. The van der Waals surface area contributed by atoms with Crippen LogP contribution in [0.25, 0.3) is 0 Å². The summed E-state index contributed by atoms with van der Waals surface area (Å²) >= 11 is 1.78. The van der Waals surface area contributed by atoms with Gasteiger partial charge < -0.3 is 10.4 Å². The van der Waals surface area contributed by atoms with Crippen LogP contribution in [-0.4, -0.2) is 17.3 Å². The van der Waals surface area contributed by atoms with Crippen molar-refractivity contribution in [3.8, 4) is 0 Å². The molecule has 1 atom stereocenters. The molecule has 0 aliphatic carbocycles. The van der Waals surface area contributed by atoms with Crippen LogP contribution >= 0.6 is 11.3 Å². The lowest BCUT2D eigenvalue weighted by Crippen LogP contribution is -2.41. The normalized spacial score (nSPS) is 14.2. The minimum absolute atomic E-state index is 0.347. The maximum Gasteiger partial charge on any atom is 0.0766 e. The molecule has 1 unspecified atom stereocenters. The Kier molecular flexibility index (Phi) is 5.63. The van der Waals surface area contributed by atoms with Crippen molar-refractivity contribution in [3.63, 3.8) is 0 Å². The van der Waals surface area contributed by atoms with E-state index in [2.05, 4.69) is 36.7 Å². The fourth-order valence-electron chi connectivity index (χ4n) is 1.93. The second-order valence-corrected chi connectivity index (χ2v) is 6.03. The molecule has 0 radical (unpaired) electrons. The number of aliphatic hydroxyl groups is 1. The first-order valence-electron chi connectivity index (χ1n) is 6.51. The number of hydrogen-bond donors (Lipinski definition) is 2. The van der Waals surface area contributed by atoms with E-state index >= 15 is 0 Å².